The minimum atomic E-state index is -4.35. The topological polar surface area (TPSA) is 154 Å². The SMILES string of the molecule is COC(=O)c1ccc(C(=O)OC)c(NS(=O)(=O)c2nnc(NC(=O)c3ccc(Cl)cc3)s2)c1. The van der Waals surface area contributed by atoms with Crippen molar-refractivity contribution < 1.29 is 32.3 Å². The van der Waals surface area contributed by atoms with Crippen molar-refractivity contribution in [2.24, 2.45) is 0 Å². The summed E-state index contributed by atoms with van der Waals surface area (Å²) < 4.78 is 36.6. The van der Waals surface area contributed by atoms with E-state index in [1.165, 1.54) is 36.4 Å². The summed E-state index contributed by atoms with van der Waals surface area (Å²) in [6.45, 7) is 0. The van der Waals surface area contributed by atoms with Crippen molar-refractivity contribution in [1.29, 1.82) is 0 Å². The Kier molecular flexibility index (Phi) is 7.26. The maximum atomic E-state index is 12.8. The fraction of sp³-hybridized carbons (Fsp3) is 0.105. The zero-order valence-electron chi connectivity index (χ0n) is 17.0. The Labute approximate surface area is 196 Å². The highest BCUT2D eigenvalue weighted by atomic mass is 35.5. The van der Waals surface area contributed by atoms with Crippen molar-refractivity contribution in [3.63, 3.8) is 0 Å². The molecule has 172 valence electrons. The first-order valence-electron chi connectivity index (χ1n) is 8.88. The monoisotopic (exact) mass is 510 g/mol. The first-order valence-corrected chi connectivity index (χ1v) is 11.6. The second-order valence-electron chi connectivity index (χ2n) is 6.18. The Bertz CT molecular complexity index is 1320. The quantitative estimate of drug-likeness (QED) is 0.360. The van der Waals surface area contributed by atoms with Gasteiger partial charge in [0.25, 0.3) is 20.3 Å². The molecule has 0 aliphatic heterocycles. The van der Waals surface area contributed by atoms with E-state index in [0.717, 1.165) is 20.3 Å². The van der Waals surface area contributed by atoms with Gasteiger partial charge < -0.3 is 9.47 Å². The number of amides is 1. The van der Waals surface area contributed by atoms with Crippen LogP contribution in [0.1, 0.15) is 31.1 Å². The molecule has 0 unspecified atom stereocenters. The fourth-order valence-electron chi connectivity index (χ4n) is 2.49. The maximum absolute atomic E-state index is 12.8. The van der Waals surface area contributed by atoms with E-state index in [4.69, 9.17) is 11.6 Å². The molecule has 0 aliphatic rings. The molecular weight excluding hydrogens is 496 g/mol. The number of anilines is 2. The van der Waals surface area contributed by atoms with Crippen molar-refractivity contribution >= 4 is 61.6 Å². The number of benzene rings is 2. The van der Waals surface area contributed by atoms with E-state index in [-0.39, 0.29) is 27.5 Å². The van der Waals surface area contributed by atoms with Crippen LogP contribution < -0.4 is 10.0 Å². The van der Waals surface area contributed by atoms with Crippen molar-refractivity contribution in [2.75, 3.05) is 24.3 Å². The molecule has 1 heterocycles. The van der Waals surface area contributed by atoms with Crippen molar-refractivity contribution in [3.8, 4) is 0 Å². The summed E-state index contributed by atoms with van der Waals surface area (Å²) in [6.07, 6.45) is 0. The number of hydrogen-bond donors (Lipinski definition) is 2. The summed E-state index contributed by atoms with van der Waals surface area (Å²) in [5.74, 6) is -2.12. The van der Waals surface area contributed by atoms with Crippen molar-refractivity contribution in [1.82, 2.24) is 10.2 Å². The second kappa shape index (κ2) is 9.94. The summed E-state index contributed by atoms with van der Waals surface area (Å²) in [6, 6.07) is 9.65. The molecule has 0 spiro atoms. The number of aromatic nitrogens is 2. The van der Waals surface area contributed by atoms with Crippen molar-refractivity contribution in [2.45, 2.75) is 4.34 Å². The molecule has 0 bridgehead atoms. The predicted molar refractivity (Wildman–Crippen MR) is 119 cm³/mol. The van der Waals surface area contributed by atoms with Gasteiger partial charge in [0.2, 0.25) is 5.13 Å². The van der Waals surface area contributed by atoms with E-state index in [0.29, 0.717) is 16.4 Å². The van der Waals surface area contributed by atoms with Gasteiger partial charge in [-0.1, -0.05) is 22.9 Å². The number of esters is 2. The van der Waals surface area contributed by atoms with Gasteiger partial charge in [0.05, 0.1) is 31.0 Å². The number of sulfonamides is 1. The van der Waals surface area contributed by atoms with Gasteiger partial charge in [-0.2, -0.15) is 8.42 Å². The third-order valence-electron chi connectivity index (χ3n) is 4.05. The van der Waals surface area contributed by atoms with Crippen LogP contribution in [0.15, 0.2) is 46.8 Å². The number of ether oxygens (including phenoxy) is 2. The lowest BCUT2D eigenvalue weighted by molar-refractivity contribution is 0.0587. The zero-order chi connectivity index (χ0) is 24.2. The number of halogens is 1. The van der Waals surface area contributed by atoms with Crippen LogP contribution in [0.2, 0.25) is 5.02 Å². The fourth-order valence-corrected chi connectivity index (χ4v) is 4.58. The van der Waals surface area contributed by atoms with Crippen LogP contribution in [-0.2, 0) is 19.5 Å². The Balaban J connectivity index is 1.86. The standard InChI is InChI=1S/C19H15ClN4O7S2/c1-30-16(26)11-5-8-13(17(27)31-2)14(9-11)24-33(28,29)19-23-22-18(32-19)21-15(25)10-3-6-12(20)7-4-10/h3-9,24H,1-2H3,(H,21,22,25). The first kappa shape index (κ1) is 24.1. The number of carbonyl (C=O) groups excluding carboxylic acids is 3. The van der Waals surface area contributed by atoms with Gasteiger partial charge >= 0.3 is 11.9 Å². The molecule has 2 aromatic carbocycles. The largest absolute Gasteiger partial charge is 0.465 e. The highest BCUT2D eigenvalue weighted by molar-refractivity contribution is 7.94. The van der Waals surface area contributed by atoms with E-state index in [1.807, 2.05) is 0 Å². The molecular formula is C19H15ClN4O7S2. The summed E-state index contributed by atoms with van der Waals surface area (Å²) in [5, 5.41) is 10.1. The number of nitrogens with one attached hydrogen (secondary N) is 2. The lowest BCUT2D eigenvalue weighted by Crippen LogP contribution is -2.17. The number of rotatable bonds is 7. The second-order valence-corrected chi connectivity index (χ2v) is 9.45. The molecule has 2 N–H and O–H groups in total. The summed E-state index contributed by atoms with van der Waals surface area (Å²) in [5.41, 5.74) is -0.100. The van der Waals surface area contributed by atoms with Gasteiger partial charge in [-0.25, -0.2) is 9.59 Å². The van der Waals surface area contributed by atoms with Gasteiger partial charge in [-0.15, -0.1) is 10.2 Å². The molecule has 0 aliphatic carbocycles. The van der Waals surface area contributed by atoms with E-state index in [1.54, 1.807) is 0 Å². The van der Waals surface area contributed by atoms with Gasteiger partial charge in [0.15, 0.2) is 0 Å². The van der Waals surface area contributed by atoms with Crippen LogP contribution >= 0.6 is 22.9 Å². The molecule has 0 fully saturated rings. The Hall–Kier alpha value is -3.55. The minimum absolute atomic E-state index is 0.00367. The van der Waals surface area contributed by atoms with Crippen LogP contribution in [-0.4, -0.2) is 50.7 Å². The molecule has 33 heavy (non-hydrogen) atoms. The van der Waals surface area contributed by atoms with Crippen LogP contribution in [0.3, 0.4) is 0 Å². The van der Waals surface area contributed by atoms with E-state index in [9.17, 15) is 22.8 Å². The Morgan fingerprint density at radius 2 is 1.58 bits per heavy atom. The first-order chi connectivity index (χ1) is 15.6. The molecule has 0 radical (unpaired) electrons. The number of carbonyl (C=O) groups is 3. The molecule has 0 saturated carbocycles. The molecule has 3 aromatic rings. The highest BCUT2D eigenvalue weighted by Gasteiger charge is 2.25. The zero-order valence-corrected chi connectivity index (χ0v) is 19.4. The molecule has 14 heteroatoms. The third-order valence-corrected chi connectivity index (χ3v) is 6.88. The van der Waals surface area contributed by atoms with Gasteiger partial charge in [0.1, 0.15) is 0 Å². The van der Waals surface area contributed by atoms with Gasteiger partial charge in [0, 0.05) is 10.6 Å². The van der Waals surface area contributed by atoms with Crippen LogP contribution in [0, 0.1) is 0 Å². The van der Waals surface area contributed by atoms with Crippen LogP contribution in [0.25, 0.3) is 0 Å². The molecule has 1 amide bonds. The average Bonchev–Trinajstić information content (AvgIpc) is 3.27. The van der Waals surface area contributed by atoms with Crippen LogP contribution in [0.4, 0.5) is 10.8 Å². The third kappa shape index (κ3) is 5.63. The number of methoxy groups -OCH3 is 2. The minimum Gasteiger partial charge on any atom is -0.465 e. The highest BCUT2D eigenvalue weighted by Crippen LogP contribution is 2.26. The number of hydrogen-bond acceptors (Lipinski definition) is 10. The van der Waals surface area contributed by atoms with E-state index < -0.39 is 32.2 Å². The molecule has 3 rings (SSSR count). The van der Waals surface area contributed by atoms with E-state index >= 15 is 0 Å². The summed E-state index contributed by atoms with van der Waals surface area (Å²) in [4.78, 5) is 36.1. The lowest BCUT2D eigenvalue weighted by atomic mass is 10.1. The predicted octanol–water partition coefficient (Wildman–Crippen LogP) is 2.82. The Morgan fingerprint density at radius 3 is 2.21 bits per heavy atom. The van der Waals surface area contributed by atoms with Crippen molar-refractivity contribution in [3.05, 3.63) is 64.2 Å². The molecule has 0 saturated heterocycles. The van der Waals surface area contributed by atoms with Crippen LogP contribution in [0.5, 0.6) is 0 Å². The summed E-state index contributed by atoms with van der Waals surface area (Å²) in [7, 11) is -2.07. The molecule has 0 atom stereocenters. The lowest BCUT2D eigenvalue weighted by Gasteiger charge is -2.11. The smallest absolute Gasteiger partial charge is 0.339 e. The normalized spacial score (nSPS) is 10.9. The maximum Gasteiger partial charge on any atom is 0.339 e. The Morgan fingerprint density at radius 1 is 0.939 bits per heavy atom. The van der Waals surface area contributed by atoms with Gasteiger partial charge in [-0.3, -0.25) is 14.8 Å². The number of nitrogens with zero attached hydrogens (tertiary/aromatic N) is 2. The summed E-state index contributed by atoms with van der Waals surface area (Å²) >= 11 is 6.37. The van der Waals surface area contributed by atoms with E-state index in [2.05, 4.69) is 29.7 Å². The average molecular weight is 511 g/mol. The molecule has 11 nitrogen and oxygen atoms in total. The van der Waals surface area contributed by atoms with Gasteiger partial charge in [-0.05, 0) is 42.5 Å². The molecule has 1 aromatic heterocycles.